The molecule has 0 aromatic heterocycles. The van der Waals surface area contributed by atoms with E-state index in [2.05, 4.69) is 22.0 Å². The molecule has 1 amide bonds. The van der Waals surface area contributed by atoms with Crippen molar-refractivity contribution in [1.29, 1.82) is 0 Å². The summed E-state index contributed by atoms with van der Waals surface area (Å²) in [5.41, 5.74) is 1.09. The number of amides is 1. The van der Waals surface area contributed by atoms with Crippen molar-refractivity contribution in [3.63, 3.8) is 0 Å². The number of rotatable bonds is 5. The Morgan fingerprint density at radius 1 is 1.06 bits per heavy atom. The average molecular weight is 444 g/mol. The van der Waals surface area contributed by atoms with E-state index in [1.54, 1.807) is 12.1 Å². The Labute approximate surface area is 189 Å². The third-order valence-corrected chi connectivity index (χ3v) is 7.97. The van der Waals surface area contributed by atoms with Gasteiger partial charge in [0.1, 0.15) is 5.82 Å². The Morgan fingerprint density at radius 3 is 2.55 bits per heavy atom. The predicted molar refractivity (Wildman–Crippen MR) is 123 cm³/mol. The van der Waals surface area contributed by atoms with Crippen LogP contribution >= 0.6 is 11.6 Å². The van der Waals surface area contributed by atoms with Gasteiger partial charge < -0.3 is 14.7 Å². The topological polar surface area (TPSA) is 26.8 Å². The number of likely N-dealkylation sites (tertiary alicyclic amines) is 2. The van der Waals surface area contributed by atoms with E-state index in [4.69, 9.17) is 11.6 Å². The van der Waals surface area contributed by atoms with Gasteiger partial charge in [-0.15, -0.1) is 0 Å². The molecular weight excluding hydrogens is 413 g/mol. The highest BCUT2D eigenvalue weighted by atomic mass is 35.5. The number of carbonyl (C=O) groups is 1. The number of allylic oxidation sites excluding steroid dienone is 2. The van der Waals surface area contributed by atoms with Gasteiger partial charge in [-0.3, -0.25) is 4.79 Å². The van der Waals surface area contributed by atoms with E-state index in [0.29, 0.717) is 23.7 Å². The summed E-state index contributed by atoms with van der Waals surface area (Å²) in [6.07, 6.45) is 10.6. The van der Waals surface area contributed by atoms with Gasteiger partial charge in [0.25, 0.3) is 0 Å². The van der Waals surface area contributed by atoms with Crippen LogP contribution < -0.4 is 4.90 Å². The first-order valence-corrected chi connectivity index (χ1v) is 12.0. The van der Waals surface area contributed by atoms with Crippen LogP contribution in [0.25, 0.3) is 0 Å². The summed E-state index contributed by atoms with van der Waals surface area (Å²) >= 11 is 6.41. The van der Waals surface area contributed by atoms with E-state index in [1.165, 1.54) is 12.8 Å². The van der Waals surface area contributed by atoms with Crippen molar-refractivity contribution in [1.82, 2.24) is 9.80 Å². The lowest BCUT2D eigenvalue weighted by atomic mass is 9.75. The molecule has 6 heteroatoms. The van der Waals surface area contributed by atoms with Crippen LogP contribution in [0.5, 0.6) is 0 Å². The number of hydrogen-bond donors (Lipinski definition) is 0. The highest BCUT2D eigenvalue weighted by Gasteiger charge is 2.44. The first-order chi connectivity index (χ1) is 15.1. The molecule has 3 saturated heterocycles. The molecule has 3 unspecified atom stereocenters. The maximum atomic E-state index is 13.5. The van der Waals surface area contributed by atoms with Crippen LogP contribution in [-0.4, -0.2) is 61.0 Å². The zero-order valence-electron chi connectivity index (χ0n) is 17.9. The predicted octanol–water partition coefficient (Wildman–Crippen LogP) is 4.27. The van der Waals surface area contributed by atoms with Crippen LogP contribution in [-0.2, 0) is 4.79 Å². The lowest BCUT2D eigenvalue weighted by molar-refractivity contribution is -0.127. The molecule has 1 aromatic rings. The van der Waals surface area contributed by atoms with E-state index in [0.717, 1.165) is 62.8 Å². The van der Waals surface area contributed by atoms with E-state index in [-0.39, 0.29) is 11.9 Å². The van der Waals surface area contributed by atoms with Crippen LogP contribution in [0.2, 0.25) is 0 Å². The number of piperidine rings is 1. The SMILES string of the molecule is O=C1CCCN1CCN1CCC(C2CN(c3ccc(F)cc3)C3C=CC(Cl)=CC23)CC1. The molecule has 0 N–H and O–H groups in total. The number of fused-ring (bicyclic) bond motifs is 1. The first-order valence-electron chi connectivity index (χ1n) is 11.7. The molecule has 0 bridgehead atoms. The Morgan fingerprint density at radius 2 is 1.84 bits per heavy atom. The maximum Gasteiger partial charge on any atom is 0.222 e. The van der Waals surface area contributed by atoms with Gasteiger partial charge in [0.15, 0.2) is 0 Å². The van der Waals surface area contributed by atoms with E-state index in [1.807, 2.05) is 23.1 Å². The minimum Gasteiger partial charge on any atom is -0.364 e. The summed E-state index contributed by atoms with van der Waals surface area (Å²) in [4.78, 5) is 18.8. The fraction of sp³-hybridized carbons (Fsp3) is 0.560. The third kappa shape index (κ3) is 4.40. The normalized spacial score (nSPS) is 29.5. The quantitative estimate of drug-likeness (QED) is 0.679. The molecule has 0 radical (unpaired) electrons. The van der Waals surface area contributed by atoms with Crippen LogP contribution in [0.4, 0.5) is 10.1 Å². The monoisotopic (exact) mass is 443 g/mol. The highest BCUT2D eigenvalue weighted by molar-refractivity contribution is 6.31. The zero-order valence-corrected chi connectivity index (χ0v) is 18.7. The maximum absolute atomic E-state index is 13.5. The molecule has 1 aromatic carbocycles. The largest absolute Gasteiger partial charge is 0.364 e. The fourth-order valence-corrected chi connectivity index (χ4v) is 6.21. The van der Waals surface area contributed by atoms with Crippen molar-refractivity contribution in [2.45, 2.75) is 31.7 Å². The lowest BCUT2D eigenvalue weighted by Crippen LogP contribution is -2.42. The average Bonchev–Trinajstić information content (AvgIpc) is 3.36. The second-order valence-electron chi connectivity index (χ2n) is 9.43. The smallest absolute Gasteiger partial charge is 0.222 e. The van der Waals surface area contributed by atoms with Crippen LogP contribution in [0, 0.1) is 23.6 Å². The molecule has 5 rings (SSSR count). The third-order valence-electron chi connectivity index (χ3n) is 7.71. The lowest BCUT2D eigenvalue weighted by Gasteiger charge is -2.37. The Balaban J connectivity index is 1.23. The minimum absolute atomic E-state index is 0.193. The Kier molecular flexibility index (Phi) is 6.07. The highest BCUT2D eigenvalue weighted by Crippen LogP contribution is 2.44. The first kappa shape index (κ1) is 21.0. The van der Waals surface area contributed by atoms with E-state index >= 15 is 0 Å². The van der Waals surface area contributed by atoms with Crippen molar-refractivity contribution in [2.75, 3.05) is 44.2 Å². The van der Waals surface area contributed by atoms with Crippen molar-refractivity contribution < 1.29 is 9.18 Å². The number of hydrogen-bond acceptors (Lipinski definition) is 3. The fourth-order valence-electron chi connectivity index (χ4n) is 6.00. The Bertz CT molecular complexity index is 862. The molecule has 3 atom stereocenters. The summed E-state index contributed by atoms with van der Waals surface area (Å²) < 4.78 is 13.5. The minimum atomic E-state index is -0.193. The number of anilines is 1. The second kappa shape index (κ2) is 8.95. The van der Waals surface area contributed by atoms with Gasteiger partial charge >= 0.3 is 0 Å². The van der Waals surface area contributed by atoms with E-state index in [9.17, 15) is 9.18 Å². The number of nitrogens with zero attached hydrogens (tertiary/aromatic N) is 3. The van der Waals surface area contributed by atoms with Gasteiger partial charge in [0.05, 0.1) is 6.04 Å². The number of carbonyl (C=O) groups excluding carboxylic acids is 1. The molecule has 31 heavy (non-hydrogen) atoms. The van der Waals surface area contributed by atoms with Gasteiger partial charge in [-0.25, -0.2) is 4.39 Å². The summed E-state index contributed by atoms with van der Waals surface area (Å²) in [5.74, 6) is 1.75. The molecule has 3 heterocycles. The number of halogens is 2. The molecule has 0 saturated carbocycles. The van der Waals surface area contributed by atoms with Gasteiger partial charge in [-0.1, -0.05) is 23.8 Å². The molecule has 3 fully saturated rings. The van der Waals surface area contributed by atoms with Crippen molar-refractivity contribution >= 4 is 23.2 Å². The molecule has 0 spiro atoms. The Hall–Kier alpha value is -1.85. The van der Waals surface area contributed by atoms with Crippen molar-refractivity contribution in [3.8, 4) is 0 Å². The van der Waals surface area contributed by atoms with Gasteiger partial charge in [0.2, 0.25) is 5.91 Å². The molecule has 1 aliphatic carbocycles. The summed E-state index contributed by atoms with van der Waals surface area (Å²) in [6.45, 7) is 5.98. The van der Waals surface area contributed by atoms with Crippen molar-refractivity contribution in [3.05, 3.63) is 53.3 Å². The van der Waals surface area contributed by atoms with Crippen LogP contribution in [0.1, 0.15) is 25.7 Å². The summed E-state index contributed by atoms with van der Waals surface area (Å²) in [6, 6.07) is 7.18. The van der Waals surface area contributed by atoms with Gasteiger partial charge in [0, 0.05) is 49.2 Å². The summed E-state index contributed by atoms with van der Waals surface area (Å²) in [5, 5.41) is 0.833. The van der Waals surface area contributed by atoms with Crippen LogP contribution in [0.3, 0.4) is 0 Å². The molecule has 166 valence electrons. The molecule has 4 aliphatic rings. The van der Waals surface area contributed by atoms with Gasteiger partial charge in [-0.2, -0.15) is 0 Å². The standard InChI is InChI=1S/C25H31ClFN3O/c26-19-3-8-24-22(16-19)23(17-30(24)21-6-4-20(27)5-7-21)18-9-12-28(13-10-18)14-15-29-11-1-2-25(29)31/h3-8,16,18,22-24H,1-2,9-15,17H2. The summed E-state index contributed by atoms with van der Waals surface area (Å²) in [7, 11) is 0. The molecular formula is C25H31ClFN3O. The van der Waals surface area contributed by atoms with Crippen molar-refractivity contribution in [2.24, 2.45) is 17.8 Å². The zero-order chi connectivity index (χ0) is 21.4. The molecule has 3 aliphatic heterocycles. The van der Waals surface area contributed by atoms with E-state index < -0.39 is 0 Å². The van der Waals surface area contributed by atoms with Gasteiger partial charge in [-0.05, 0) is 74.5 Å². The van der Waals surface area contributed by atoms with Crippen LogP contribution in [0.15, 0.2) is 47.5 Å². The molecule has 4 nitrogen and oxygen atoms in total. The number of benzene rings is 1. The second-order valence-corrected chi connectivity index (χ2v) is 9.87.